The minimum atomic E-state index is -1.30. The second-order valence-electron chi connectivity index (χ2n) is 4.42. The fourth-order valence-electron chi connectivity index (χ4n) is 1.22. The molecule has 0 aliphatic rings. The first kappa shape index (κ1) is 17.3. The van der Waals surface area contributed by atoms with Crippen LogP contribution in [-0.2, 0) is 19.1 Å². The third-order valence-corrected chi connectivity index (χ3v) is 2.12. The summed E-state index contributed by atoms with van der Waals surface area (Å²) in [4.78, 5) is 33.6. The Morgan fingerprint density at radius 1 is 1.26 bits per heavy atom. The predicted octanol–water partition coefficient (Wildman–Crippen LogP) is -1.39. The predicted molar refractivity (Wildman–Crippen MR) is 65.1 cm³/mol. The Kier molecular flexibility index (Phi) is 7.02. The van der Waals surface area contributed by atoms with Crippen molar-refractivity contribution in [1.29, 1.82) is 0 Å². The van der Waals surface area contributed by atoms with E-state index in [-0.39, 0.29) is 0 Å². The molecule has 19 heavy (non-hydrogen) atoms. The largest absolute Gasteiger partial charge is 0.481 e. The molecule has 0 radical (unpaired) electrons. The number of aliphatic hydroxyl groups is 1. The number of carboxylic acid groups (broad SMARTS) is 1. The van der Waals surface area contributed by atoms with Crippen LogP contribution in [0.4, 0.5) is 0 Å². The van der Waals surface area contributed by atoms with Crippen LogP contribution in [0.25, 0.3) is 0 Å². The van der Waals surface area contributed by atoms with Gasteiger partial charge in [0.2, 0.25) is 5.91 Å². The summed E-state index contributed by atoms with van der Waals surface area (Å²) in [6.45, 7) is 4.54. The molecule has 0 aromatic heterocycles. The molecule has 0 aliphatic heterocycles. The van der Waals surface area contributed by atoms with Gasteiger partial charge in [0.05, 0.1) is 24.7 Å². The summed E-state index contributed by atoms with van der Waals surface area (Å²) < 4.78 is 4.86. The molecule has 0 bridgehead atoms. The lowest BCUT2D eigenvalue weighted by Gasteiger charge is -2.22. The molecule has 0 aromatic rings. The van der Waals surface area contributed by atoms with Crippen LogP contribution in [0.5, 0.6) is 0 Å². The molecule has 0 heterocycles. The molecule has 0 saturated heterocycles. The average Bonchev–Trinajstić information content (AvgIpc) is 2.22. The smallest absolute Gasteiger partial charge is 0.331 e. The summed E-state index contributed by atoms with van der Waals surface area (Å²) in [6, 6.07) is -2.58. The quantitative estimate of drug-likeness (QED) is 0.419. The molecular weight excluding hydrogens is 256 g/mol. The molecule has 1 amide bonds. The van der Waals surface area contributed by atoms with Crippen LogP contribution in [0.2, 0.25) is 0 Å². The number of rotatable bonds is 7. The second-order valence-corrected chi connectivity index (χ2v) is 4.42. The molecule has 0 aromatic carbocycles. The third kappa shape index (κ3) is 6.73. The van der Waals surface area contributed by atoms with Gasteiger partial charge in [-0.1, -0.05) is 0 Å². The van der Waals surface area contributed by atoms with Gasteiger partial charge in [0.15, 0.2) is 6.04 Å². The second kappa shape index (κ2) is 7.70. The highest BCUT2D eigenvalue weighted by molar-refractivity contribution is 5.90. The molecule has 0 fully saturated rings. The monoisotopic (exact) mass is 276 g/mol. The molecule has 0 rings (SSSR count). The number of hydrogen-bond donors (Lipinski definition) is 4. The fraction of sp³-hybridized carbons (Fsp3) is 0.727. The number of carboxylic acids is 1. The van der Waals surface area contributed by atoms with Crippen LogP contribution in [0, 0.1) is 0 Å². The van der Waals surface area contributed by atoms with E-state index in [0.29, 0.717) is 0 Å². The van der Waals surface area contributed by atoms with Crippen LogP contribution < -0.4 is 11.1 Å². The number of nitrogens with two attached hydrogens (primary N) is 1. The molecule has 0 aliphatic carbocycles. The number of hydrogen-bond acceptors (Lipinski definition) is 6. The minimum absolute atomic E-state index is 0.404. The number of carbonyl (C=O) groups is 3. The maximum Gasteiger partial charge on any atom is 0.331 e. The van der Waals surface area contributed by atoms with Crippen molar-refractivity contribution in [1.82, 2.24) is 5.32 Å². The molecule has 5 N–H and O–H groups in total. The van der Waals surface area contributed by atoms with Crippen LogP contribution in [-0.4, -0.2) is 52.4 Å². The molecule has 3 atom stereocenters. The van der Waals surface area contributed by atoms with Crippen LogP contribution >= 0.6 is 0 Å². The van der Waals surface area contributed by atoms with Gasteiger partial charge in [0.1, 0.15) is 0 Å². The van der Waals surface area contributed by atoms with Crippen molar-refractivity contribution in [3.05, 3.63) is 0 Å². The number of aliphatic hydroxyl groups excluding tert-OH is 1. The molecule has 8 nitrogen and oxygen atoms in total. The number of nitrogens with one attached hydrogen (secondary N) is 1. The van der Waals surface area contributed by atoms with E-state index >= 15 is 0 Å². The van der Waals surface area contributed by atoms with Crippen molar-refractivity contribution < 1.29 is 29.3 Å². The van der Waals surface area contributed by atoms with Gasteiger partial charge >= 0.3 is 11.9 Å². The topological polar surface area (TPSA) is 139 Å². The molecular formula is C11H20N2O6. The van der Waals surface area contributed by atoms with Crippen LogP contribution in [0.3, 0.4) is 0 Å². The summed E-state index contributed by atoms with van der Waals surface area (Å²) in [5.74, 6) is -2.88. The van der Waals surface area contributed by atoms with Gasteiger partial charge in [-0.05, 0) is 20.8 Å². The lowest BCUT2D eigenvalue weighted by molar-refractivity contribution is -0.154. The Morgan fingerprint density at radius 3 is 2.16 bits per heavy atom. The summed E-state index contributed by atoms with van der Waals surface area (Å²) >= 11 is 0. The van der Waals surface area contributed by atoms with E-state index in [1.54, 1.807) is 13.8 Å². The van der Waals surface area contributed by atoms with E-state index in [1.165, 1.54) is 6.92 Å². The Bertz CT molecular complexity index is 342. The Labute approximate surface area is 110 Å². The lowest BCUT2D eigenvalue weighted by Crippen LogP contribution is -2.53. The molecule has 0 spiro atoms. The number of esters is 1. The Balaban J connectivity index is 4.62. The molecule has 110 valence electrons. The maximum atomic E-state index is 11.6. The van der Waals surface area contributed by atoms with Crippen molar-refractivity contribution >= 4 is 17.8 Å². The number of carbonyl (C=O) groups excluding carboxylic acids is 2. The van der Waals surface area contributed by atoms with Crippen LogP contribution in [0.15, 0.2) is 0 Å². The van der Waals surface area contributed by atoms with Crippen molar-refractivity contribution in [2.45, 2.75) is 51.5 Å². The maximum absolute atomic E-state index is 11.6. The normalized spacial score (nSPS) is 15.5. The highest BCUT2D eigenvalue weighted by atomic mass is 16.5. The van der Waals surface area contributed by atoms with Gasteiger partial charge in [0, 0.05) is 0 Å². The zero-order valence-electron chi connectivity index (χ0n) is 11.1. The Morgan fingerprint density at radius 2 is 1.79 bits per heavy atom. The van der Waals surface area contributed by atoms with Gasteiger partial charge in [0.25, 0.3) is 0 Å². The van der Waals surface area contributed by atoms with E-state index < -0.39 is 48.6 Å². The molecule has 8 heteroatoms. The number of amides is 1. The zero-order valence-corrected chi connectivity index (χ0v) is 11.1. The first-order valence-electron chi connectivity index (χ1n) is 5.81. The molecule has 0 unspecified atom stereocenters. The summed E-state index contributed by atoms with van der Waals surface area (Å²) in [6.07, 6.45) is -2.16. The lowest BCUT2D eigenvalue weighted by atomic mass is 10.1. The van der Waals surface area contributed by atoms with Crippen molar-refractivity contribution in [2.75, 3.05) is 0 Å². The van der Waals surface area contributed by atoms with E-state index in [2.05, 4.69) is 5.32 Å². The van der Waals surface area contributed by atoms with Crippen molar-refractivity contribution in [2.24, 2.45) is 5.73 Å². The zero-order chi connectivity index (χ0) is 15.2. The number of aliphatic carboxylic acids is 1. The Hall–Kier alpha value is -1.67. The van der Waals surface area contributed by atoms with Crippen LogP contribution in [0.1, 0.15) is 27.2 Å². The number of ether oxygens (including phenoxy) is 1. The van der Waals surface area contributed by atoms with E-state index in [4.69, 9.17) is 15.6 Å². The van der Waals surface area contributed by atoms with E-state index in [9.17, 15) is 19.5 Å². The first-order chi connectivity index (χ1) is 8.65. The van der Waals surface area contributed by atoms with Crippen molar-refractivity contribution in [3.8, 4) is 0 Å². The highest BCUT2D eigenvalue weighted by Gasteiger charge is 2.30. The van der Waals surface area contributed by atoms with Gasteiger partial charge in [-0.3, -0.25) is 9.59 Å². The minimum Gasteiger partial charge on any atom is -0.481 e. The SMILES string of the molecule is CC(C)OC(=O)[C@@H](NC(=O)[C@@H](N)CC(=O)O)[C@H](C)O. The summed E-state index contributed by atoms with van der Waals surface area (Å²) in [7, 11) is 0. The molecule has 0 saturated carbocycles. The van der Waals surface area contributed by atoms with Gasteiger partial charge in [-0.15, -0.1) is 0 Å². The fourth-order valence-corrected chi connectivity index (χ4v) is 1.22. The standard InChI is InChI=1S/C11H20N2O6/c1-5(2)19-11(18)9(6(3)14)13-10(17)7(12)4-8(15)16/h5-7,9,14H,4,12H2,1-3H3,(H,13,17)(H,15,16)/t6-,7-,9-/m0/s1. The van der Waals surface area contributed by atoms with Gasteiger partial charge < -0.3 is 26.0 Å². The summed E-state index contributed by atoms with van der Waals surface area (Å²) in [5.41, 5.74) is 5.34. The van der Waals surface area contributed by atoms with Crippen molar-refractivity contribution in [3.63, 3.8) is 0 Å². The van der Waals surface area contributed by atoms with Gasteiger partial charge in [-0.2, -0.15) is 0 Å². The average molecular weight is 276 g/mol. The van der Waals surface area contributed by atoms with Gasteiger partial charge in [-0.25, -0.2) is 4.79 Å². The highest BCUT2D eigenvalue weighted by Crippen LogP contribution is 2.01. The van der Waals surface area contributed by atoms with E-state index in [0.717, 1.165) is 0 Å². The third-order valence-electron chi connectivity index (χ3n) is 2.12. The summed E-state index contributed by atoms with van der Waals surface area (Å²) in [5, 5.41) is 20.1. The van der Waals surface area contributed by atoms with E-state index in [1.807, 2.05) is 0 Å². The first-order valence-corrected chi connectivity index (χ1v) is 5.81.